The Hall–Kier alpha value is -0.650. The molecule has 0 aromatic rings. The van der Waals surface area contributed by atoms with E-state index in [1.807, 2.05) is 13.8 Å². The van der Waals surface area contributed by atoms with Crippen LogP contribution >= 0.6 is 0 Å². The van der Waals surface area contributed by atoms with Gasteiger partial charge in [-0.05, 0) is 13.8 Å². The Balaban J connectivity index is 2.48. The summed E-state index contributed by atoms with van der Waals surface area (Å²) in [7, 11) is 0. The Labute approximate surface area is 64.8 Å². The number of carbonyl (C=O) groups excluding carboxylic acids is 1. The maximum absolute atomic E-state index is 10.8. The molecule has 1 rings (SSSR count). The number of carbonyl (C=O) groups is 1. The van der Waals surface area contributed by atoms with Crippen molar-refractivity contribution in [3.63, 3.8) is 0 Å². The van der Waals surface area contributed by atoms with E-state index in [4.69, 9.17) is 10.6 Å². The van der Waals surface area contributed by atoms with Gasteiger partial charge in [0.15, 0.2) is 0 Å². The van der Waals surface area contributed by atoms with Gasteiger partial charge in [-0.2, -0.15) is 5.90 Å². The van der Waals surface area contributed by atoms with Gasteiger partial charge in [-0.25, -0.2) is 4.79 Å². The second-order valence-electron chi connectivity index (χ2n) is 2.96. The van der Waals surface area contributed by atoms with Gasteiger partial charge in [0, 0.05) is 0 Å². The summed E-state index contributed by atoms with van der Waals surface area (Å²) >= 11 is 0. The number of rotatable bonds is 1. The Morgan fingerprint density at radius 3 is 2.82 bits per heavy atom. The van der Waals surface area contributed by atoms with Crippen molar-refractivity contribution in [2.75, 3.05) is 6.61 Å². The molecule has 0 radical (unpaired) electrons. The maximum Gasteiger partial charge on any atom is 0.344 e. The number of hydrogen-bond acceptors (Lipinski definition) is 5. The van der Waals surface area contributed by atoms with Crippen LogP contribution in [0.5, 0.6) is 0 Å². The van der Waals surface area contributed by atoms with Crippen LogP contribution < -0.4 is 11.2 Å². The number of ether oxygens (including phenoxy) is 1. The Morgan fingerprint density at radius 2 is 2.45 bits per heavy atom. The zero-order valence-corrected chi connectivity index (χ0v) is 6.59. The lowest BCUT2D eigenvalue weighted by molar-refractivity contribution is -0.146. The molecule has 3 N–H and O–H groups in total. The van der Waals surface area contributed by atoms with Crippen LogP contribution in [0.4, 0.5) is 0 Å². The molecular weight excluding hydrogens is 148 g/mol. The molecule has 0 unspecified atom stereocenters. The molecule has 1 atom stereocenters. The predicted molar refractivity (Wildman–Crippen MR) is 37.2 cm³/mol. The molecule has 1 fully saturated rings. The number of nitrogens with two attached hydrogens (primary N) is 1. The molecule has 0 aliphatic carbocycles. The quantitative estimate of drug-likeness (QED) is 0.488. The molecule has 1 aliphatic rings. The minimum Gasteiger partial charge on any atom is -0.372 e. The fourth-order valence-corrected chi connectivity index (χ4v) is 1.00. The van der Waals surface area contributed by atoms with E-state index in [2.05, 4.69) is 10.2 Å². The molecule has 0 amide bonds. The summed E-state index contributed by atoms with van der Waals surface area (Å²) in [4.78, 5) is 14.9. The molecule has 0 aromatic heterocycles. The third kappa shape index (κ3) is 1.89. The summed E-state index contributed by atoms with van der Waals surface area (Å²) in [5, 5.41) is 2.90. The monoisotopic (exact) mass is 160 g/mol. The van der Waals surface area contributed by atoms with Gasteiger partial charge in [0.25, 0.3) is 0 Å². The SMILES string of the molecule is CC1(C)N[C@H](C(=O)ON)CO1. The van der Waals surface area contributed by atoms with E-state index in [9.17, 15) is 4.79 Å². The average molecular weight is 160 g/mol. The summed E-state index contributed by atoms with van der Waals surface area (Å²) in [6, 6.07) is -0.435. The summed E-state index contributed by atoms with van der Waals surface area (Å²) in [6.07, 6.45) is 0. The van der Waals surface area contributed by atoms with Crippen LogP contribution in [-0.4, -0.2) is 24.3 Å². The largest absolute Gasteiger partial charge is 0.372 e. The molecule has 1 heterocycles. The first-order chi connectivity index (χ1) is 5.05. The molecule has 0 aromatic carbocycles. The summed E-state index contributed by atoms with van der Waals surface area (Å²) < 4.78 is 5.21. The minimum atomic E-state index is -0.490. The van der Waals surface area contributed by atoms with Gasteiger partial charge in [-0.15, -0.1) is 0 Å². The zero-order chi connectivity index (χ0) is 8.48. The van der Waals surface area contributed by atoms with Crippen molar-refractivity contribution < 1.29 is 14.4 Å². The van der Waals surface area contributed by atoms with Gasteiger partial charge in [0.1, 0.15) is 11.8 Å². The molecule has 0 bridgehead atoms. The zero-order valence-electron chi connectivity index (χ0n) is 6.59. The third-order valence-electron chi connectivity index (χ3n) is 1.53. The number of hydrogen-bond donors (Lipinski definition) is 2. The van der Waals surface area contributed by atoms with Crippen molar-refractivity contribution in [3.8, 4) is 0 Å². The summed E-state index contributed by atoms with van der Waals surface area (Å²) in [6.45, 7) is 3.97. The highest BCUT2D eigenvalue weighted by Crippen LogP contribution is 2.14. The molecule has 64 valence electrons. The van der Waals surface area contributed by atoms with Crippen molar-refractivity contribution in [1.82, 2.24) is 5.32 Å². The fourth-order valence-electron chi connectivity index (χ4n) is 1.00. The highest BCUT2D eigenvalue weighted by Gasteiger charge is 2.35. The van der Waals surface area contributed by atoms with Crippen LogP contribution in [0.3, 0.4) is 0 Å². The summed E-state index contributed by atoms with van der Waals surface area (Å²) in [5.41, 5.74) is -0.459. The highest BCUT2D eigenvalue weighted by atomic mass is 16.7. The van der Waals surface area contributed by atoms with Crippen LogP contribution in [0.1, 0.15) is 13.8 Å². The van der Waals surface area contributed by atoms with Crippen LogP contribution in [0, 0.1) is 0 Å². The van der Waals surface area contributed by atoms with E-state index in [0.29, 0.717) is 6.61 Å². The van der Waals surface area contributed by atoms with Crippen LogP contribution in [0.25, 0.3) is 0 Å². The first-order valence-corrected chi connectivity index (χ1v) is 3.37. The highest BCUT2D eigenvalue weighted by molar-refractivity contribution is 5.76. The average Bonchev–Trinajstić information content (AvgIpc) is 2.29. The van der Waals surface area contributed by atoms with Crippen molar-refractivity contribution >= 4 is 5.97 Å². The van der Waals surface area contributed by atoms with E-state index < -0.39 is 17.7 Å². The maximum atomic E-state index is 10.8. The Morgan fingerprint density at radius 1 is 1.82 bits per heavy atom. The topological polar surface area (TPSA) is 73.6 Å². The number of nitrogens with one attached hydrogen (secondary N) is 1. The molecule has 5 heteroatoms. The predicted octanol–water partition coefficient (Wildman–Crippen LogP) is -0.872. The third-order valence-corrected chi connectivity index (χ3v) is 1.53. The Kier molecular flexibility index (Phi) is 2.12. The lowest BCUT2D eigenvalue weighted by Gasteiger charge is -2.16. The second-order valence-corrected chi connectivity index (χ2v) is 2.96. The molecule has 0 saturated carbocycles. The van der Waals surface area contributed by atoms with Gasteiger partial charge in [0.2, 0.25) is 0 Å². The van der Waals surface area contributed by atoms with E-state index in [-0.39, 0.29) is 0 Å². The van der Waals surface area contributed by atoms with Crippen molar-refractivity contribution in [3.05, 3.63) is 0 Å². The van der Waals surface area contributed by atoms with E-state index in [0.717, 1.165) is 0 Å². The molecule has 11 heavy (non-hydrogen) atoms. The molecular formula is C6H12N2O3. The van der Waals surface area contributed by atoms with Crippen molar-refractivity contribution in [2.24, 2.45) is 5.90 Å². The Bertz CT molecular complexity index is 169. The van der Waals surface area contributed by atoms with E-state index in [1.165, 1.54) is 0 Å². The first kappa shape index (κ1) is 8.45. The van der Waals surface area contributed by atoms with Crippen molar-refractivity contribution in [1.29, 1.82) is 0 Å². The van der Waals surface area contributed by atoms with Gasteiger partial charge < -0.3 is 9.57 Å². The van der Waals surface area contributed by atoms with E-state index in [1.54, 1.807) is 0 Å². The van der Waals surface area contributed by atoms with Crippen LogP contribution in [-0.2, 0) is 14.4 Å². The lowest BCUT2D eigenvalue weighted by atomic mass is 10.3. The van der Waals surface area contributed by atoms with E-state index >= 15 is 0 Å². The summed E-state index contributed by atoms with van der Waals surface area (Å²) in [5.74, 6) is 4.21. The fraction of sp³-hybridized carbons (Fsp3) is 0.833. The minimum absolute atomic E-state index is 0.309. The molecule has 1 aliphatic heterocycles. The van der Waals surface area contributed by atoms with Crippen molar-refractivity contribution in [2.45, 2.75) is 25.6 Å². The van der Waals surface area contributed by atoms with Gasteiger partial charge in [-0.3, -0.25) is 5.32 Å². The van der Waals surface area contributed by atoms with Gasteiger partial charge in [0.05, 0.1) is 6.61 Å². The smallest absolute Gasteiger partial charge is 0.344 e. The lowest BCUT2D eigenvalue weighted by Crippen LogP contribution is -2.43. The van der Waals surface area contributed by atoms with Crippen LogP contribution in [0.2, 0.25) is 0 Å². The first-order valence-electron chi connectivity index (χ1n) is 3.37. The molecule has 1 saturated heterocycles. The van der Waals surface area contributed by atoms with Gasteiger partial charge >= 0.3 is 5.97 Å². The second kappa shape index (κ2) is 2.77. The van der Waals surface area contributed by atoms with Gasteiger partial charge in [-0.1, -0.05) is 0 Å². The molecule has 5 nitrogen and oxygen atoms in total. The standard InChI is InChI=1S/C6H12N2O3/c1-6(2)8-4(3-10-6)5(9)11-7/h4,8H,3,7H2,1-2H3/t4-/m0/s1. The van der Waals surface area contributed by atoms with Crippen LogP contribution in [0.15, 0.2) is 0 Å². The molecule has 0 spiro atoms. The normalized spacial score (nSPS) is 28.5.